The van der Waals surface area contributed by atoms with Crippen LogP contribution in [-0.4, -0.2) is 48.3 Å². The Kier molecular flexibility index (Phi) is 8.81. The molecule has 0 radical (unpaired) electrons. The number of amides is 2. The van der Waals surface area contributed by atoms with Gasteiger partial charge in [0.2, 0.25) is 5.91 Å². The lowest BCUT2D eigenvalue weighted by Crippen LogP contribution is -2.44. The molecular formula is C25H30NO5P. The quantitative estimate of drug-likeness (QED) is 0.300. The van der Waals surface area contributed by atoms with Gasteiger partial charge in [0.15, 0.2) is 0 Å². The number of hydrogen-bond donors (Lipinski definition) is 0. The van der Waals surface area contributed by atoms with Crippen LogP contribution in [0.2, 0.25) is 0 Å². The molecule has 1 fully saturated rings. The first-order valence-corrected chi connectivity index (χ1v) is 11.8. The molecule has 0 N–H and O–H groups in total. The van der Waals surface area contributed by atoms with Crippen molar-refractivity contribution in [2.45, 2.75) is 38.6 Å². The Balaban J connectivity index is 1.76. The Bertz CT molecular complexity index is 916. The molecule has 32 heavy (non-hydrogen) atoms. The molecule has 0 saturated carbocycles. The van der Waals surface area contributed by atoms with Gasteiger partial charge in [0, 0.05) is 0 Å². The smallest absolute Gasteiger partial charge is 0.416 e. The average molecular weight is 455 g/mol. The summed E-state index contributed by atoms with van der Waals surface area (Å²) in [4.78, 5) is 39.0. The molecule has 1 aliphatic heterocycles. The van der Waals surface area contributed by atoms with Crippen LogP contribution in [0, 0.1) is 5.92 Å². The van der Waals surface area contributed by atoms with Gasteiger partial charge in [-0.05, 0) is 35.7 Å². The molecule has 1 unspecified atom stereocenters. The van der Waals surface area contributed by atoms with E-state index in [0.29, 0.717) is 19.2 Å². The van der Waals surface area contributed by atoms with E-state index in [1.54, 1.807) is 0 Å². The van der Waals surface area contributed by atoms with Crippen molar-refractivity contribution >= 4 is 27.2 Å². The van der Waals surface area contributed by atoms with Crippen molar-refractivity contribution in [3.8, 4) is 11.1 Å². The minimum absolute atomic E-state index is 0.0731. The Hall–Kier alpha value is -2.72. The molecule has 1 heterocycles. The molecule has 6 nitrogen and oxygen atoms in total. The summed E-state index contributed by atoms with van der Waals surface area (Å²) in [5, 5.41) is 0. The van der Waals surface area contributed by atoms with Gasteiger partial charge in [-0.25, -0.2) is 9.69 Å². The Morgan fingerprint density at radius 1 is 1.12 bits per heavy atom. The molecule has 7 heteroatoms. The van der Waals surface area contributed by atoms with Crippen LogP contribution in [0.1, 0.15) is 31.7 Å². The van der Waals surface area contributed by atoms with E-state index in [0.717, 1.165) is 34.4 Å². The number of imide groups is 1. The van der Waals surface area contributed by atoms with E-state index in [9.17, 15) is 14.4 Å². The number of carbonyl (C=O) groups excluding carboxylic acids is 3. The molecule has 3 atom stereocenters. The Labute approximate surface area is 191 Å². The van der Waals surface area contributed by atoms with Gasteiger partial charge in [-0.3, -0.25) is 9.59 Å². The molecule has 0 spiro atoms. The van der Waals surface area contributed by atoms with Gasteiger partial charge in [-0.15, -0.1) is 9.24 Å². The van der Waals surface area contributed by atoms with Gasteiger partial charge in [-0.1, -0.05) is 67.9 Å². The highest BCUT2D eigenvalue weighted by Gasteiger charge is 2.40. The van der Waals surface area contributed by atoms with Crippen molar-refractivity contribution in [3.05, 3.63) is 60.2 Å². The van der Waals surface area contributed by atoms with E-state index in [1.165, 1.54) is 0 Å². The number of ether oxygens (including phenoxy) is 2. The molecule has 170 valence electrons. The third-order valence-electron chi connectivity index (χ3n) is 5.54. The lowest BCUT2D eigenvalue weighted by Gasteiger charge is -2.24. The van der Waals surface area contributed by atoms with Crippen LogP contribution in [0.3, 0.4) is 0 Å². The molecule has 0 aromatic heterocycles. The maximum Gasteiger partial charge on any atom is 0.416 e. The van der Waals surface area contributed by atoms with Crippen molar-refractivity contribution in [3.63, 3.8) is 0 Å². The SMILES string of the molecule is CCCCOC(=O)C[C@H](Cc1ccc(-c2ccccc2)cc1)C(=O)N1C(=O)OC[C@H]1CP. The zero-order valence-corrected chi connectivity index (χ0v) is 19.5. The first-order chi connectivity index (χ1) is 15.5. The molecule has 3 rings (SSSR count). The fourth-order valence-corrected chi connectivity index (χ4v) is 4.03. The lowest BCUT2D eigenvalue weighted by molar-refractivity contribution is -0.148. The summed E-state index contributed by atoms with van der Waals surface area (Å²) in [6.07, 6.45) is 1.83. The average Bonchev–Trinajstić information content (AvgIpc) is 3.19. The number of cyclic esters (lactones) is 1. The van der Waals surface area contributed by atoms with Crippen molar-refractivity contribution in [1.29, 1.82) is 0 Å². The number of hydrogen-bond acceptors (Lipinski definition) is 5. The summed E-state index contributed by atoms with van der Waals surface area (Å²) in [5.41, 5.74) is 3.09. The monoisotopic (exact) mass is 455 g/mol. The maximum atomic E-state index is 13.3. The molecule has 2 aromatic rings. The third kappa shape index (κ3) is 6.17. The lowest BCUT2D eigenvalue weighted by atomic mass is 9.93. The van der Waals surface area contributed by atoms with Gasteiger partial charge >= 0.3 is 12.1 Å². The topological polar surface area (TPSA) is 72.9 Å². The van der Waals surface area contributed by atoms with Gasteiger partial charge in [0.1, 0.15) is 6.61 Å². The van der Waals surface area contributed by atoms with E-state index in [2.05, 4.69) is 9.24 Å². The molecular weight excluding hydrogens is 425 g/mol. The summed E-state index contributed by atoms with van der Waals surface area (Å²) < 4.78 is 10.4. The third-order valence-corrected chi connectivity index (χ3v) is 6.08. The van der Waals surface area contributed by atoms with Crippen LogP contribution in [-0.2, 0) is 25.5 Å². The van der Waals surface area contributed by atoms with Gasteiger partial charge < -0.3 is 9.47 Å². The summed E-state index contributed by atoms with van der Waals surface area (Å²) in [7, 11) is 2.54. The molecule has 2 aromatic carbocycles. The van der Waals surface area contributed by atoms with E-state index in [-0.39, 0.29) is 25.0 Å². The number of unbranched alkanes of at least 4 members (excludes halogenated alkanes) is 1. The number of nitrogens with zero attached hydrogens (tertiary/aromatic N) is 1. The summed E-state index contributed by atoms with van der Waals surface area (Å²) >= 11 is 0. The predicted molar refractivity (Wildman–Crippen MR) is 126 cm³/mol. The highest BCUT2D eigenvalue weighted by Crippen LogP contribution is 2.25. The molecule has 2 amide bonds. The van der Waals surface area contributed by atoms with E-state index in [4.69, 9.17) is 9.47 Å². The largest absolute Gasteiger partial charge is 0.466 e. The second kappa shape index (κ2) is 11.8. The van der Waals surface area contributed by atoms with Gasteiger partial charge in [-0.2, -0.15) is 0 Å². The first-order valence-electron chi connectivity index (χ1n) is 11.0. The van der Waals surface area contributed by atoms with Crippen LogP contribution in [0.5, 0.6) is 0 Å². The number of carbonyl (C=O) groups is 3. The van der Waals surface area contributed by atoms with E-state index >= 15 is 0 Å². The van der Waals surface area contributed by atoms with Gasteiger partial charge in [0.25, 0.3) is 0 Å². The standard InChI is InChI=1S/C25H30NO5P/c1-2-3-13-30-23(27)15-21(24(28)26-22(17-32)16-31-25(26)29)14-18-9-11-20(12-10-18)19-7-5-4-6-8-19/h4-12,21-22H,2-3,13-17,32H2,1H3/t21-,22-/m0/s1. The zero-order chi connectivity index (χ0) is 22.9. The van der Waals surface area contributed by atoms with Crippen molar-refractivity contribution in [2.75, 3.05) is 19.4 Å². The fourth-order valence-electron chi connectivity index (χ4n) is 3.69. The normalized spacial score (nSPS) is 16.5. The highest BCUT2D eigenvalue weighted by molar-refractivity contribution is 7.16. The number of esters is 1. The second-order valence-corrected chi connectivity index (χ2v) is 8.39. The minimum atomic E-state index is -0.698. The van der Waals surface area contributed by atoms with Crippen LogP contribution < -0.4 is 0 Å². The van der Waals surface area contributed by atoms with Crippen molar-refractivity contribution in [2.24, 2.45) is 5.92 Å². The fraction of sp³-hybridized carbons (Fsp3) is 0.400. The molecule has 0 bridgehead atoms. The highest BCUT2D eigenvalue weighted by atomic mass is 31.0. The zero-order valence-electron chi connectivity index (χ0n) is 18.4. The molecule has 0 aliphatic carbocycles. The van der Waals surface area contributed by atoms with Crippen molar-refractivity contribution in [1.82, 2.24) is 4.90 Å². The number of rotatable bonds is 10. The maximum absolute atomic E-state index is 13.3. The number of benzene rings is 2. The Morgan fingerprint density at radius 2 is 1.81 bits per heavy atom. The van der Waals surface area contributed by atoms with Crippen LogP contribution in [0.15, 0.2) is 54.6 Å². The van der Waals surface area contributed by atoms with Crippen LogP contribution >= 0.6 is 9.24 Å². The van der Waals surface area contributed by atoms with E-state index < -0.39 is 18.0 Å². The van der Waals surface area contributed by atoms with E-state index in [1.807, 2.05) is 61.5 Å². The van der Waals surface area contributed by atoms with Crippen molar-refractivity contribution < 1.29 is 23.9 Å². The second-order valence-electron chi connectivity index (χ2n) is 7.92. The molecule has 1 saturated heterocycles. The van der Waals surface area contributed by atoms with Crippen LogP contribution in [0.25, 0.3) is 11.1 Å². The minimum Gasteiger partial charge on any atom is -0.466 e. The predicted octanol–water partition coefficient (Wildman–Crippen LogP) is 4.47. The summed E-state index contributed by atoms with van der Waals surface area (Å²) in [5.74, 6) is -1.51. The van der Waals surface area contributed by atoms with Gasteiger partial charge in [0.05, 0.1) is 25.0 Å². The summed E-state index contributed by atoms with van der Waals surface area (Å²) in [6, 6.07) is 17.6. The molecule has 1 aliphatic rings. The first kappa shape index (κ1) is 23.9. The summed E-state index contributed by atoms with van der Waals surface area (Å²) in [6.45, 7) is 2.52. The van der Waals surface area contributed by atoms with Crippen LogP contribution in [0.4, 0.5) is 4.79 Å². The Morgan fingerprint density at radius 3 is 2.47 bits per heavy atom.